The maximum absolute atomic E-state index is 13.5. The van der Waals surface area contributed by atoms with E-state index in [0.717, 1.165) is 49.3 Å². The zero-order chi connectivity index (χ0) is 21.9. The van der Waals surface area contributed by atoms with Crippen LogP contribution < -0.4 is 5.69 Å². The molecule has 5 nitrogen and oxygen atoms in total. The molecule has 1 aliphatic heterocycles. The van der Waals surface area contributed by atoms with Gasteiger partial charge in [-0.25, -0.2) is 9.18 Å². The third-order valence-electron chi connectivity index (χ3n) is 6.39. The van der Waals surface area contributed by atoms with Gasteiger partial charge in [0, 0.05) is 39.3 Å². The largest absolute Gasteiger partial charge is 0.326 e. The molecule has 1 aliphatic rings. The van der Waals surface area contributed by atoms with Crippen molar-refractivity contribution in [2.75, 3.05) is 32.7 Å². The van der Waals surface area contributed by atoms with E-state index in [0.29, 0.717) is 6.54 Å². The average Bonchev–Trinajstić information content (AvgIpc) is 3.15. The van der Waals surface area contributed by atoms with Gasteiger partial charge in [-0.1, -0.05) is 54.6 Å². The smallest absolute Gasteiger partial charge is 0.306 e. The fraction of sp³-hybridized carbons (Fsp3) is 0.269. The quantitative estimate of drug-likeness (QED) is 0.505. The third-order valence-corrected chi connectivity index (χ3v) is 6.39. The van der Waals surface area contributed by atoms with E-state index < -0.39 is 0 Å². The van der Waals surface area contributed by atoms with Gasteiger partial charge >= 0.3 is 5.69 Å². The lowest BCUT2D eigenvalue weighted by atomic mass is 9.96. The Kier molecular flexibility index (Phi) is 5.88. The van der Waals surface area contributed by atoms with Gasteiger partial charge in [0.25, 0.3) is 0 Å². The van der Waals surface area contributed by atoms with Gasteiger partial charge in [0.15, 0.2) is 0 Å². The number of imidazole rings is 1. The van der Waals surface area contributed by atoms with Gasteiger partial charge in [0.2, 0.25) is 0 Å². The number of H-pyrrole nitrogens is 1. The van der Waals surface area contributed by atoms with Crippen LogP contribution in [0.2, 0.25) is 0 Å². The standard InChI is InChI=1S/C26H27FN4O/c27-22-12-10-21(11-13-22)25(20-6-2-1-3-7-20)30-17-14-29(15-18-30)16-19-31-24-9-5-4-8-23(24)28-26(31)32/h1-13,25H,14-19H2,(H,28,32). The molecule has 0 spiro atoms. The van der Waals surface area contributed by atoms with Crippen LogP contribution in [0.5, 0.6) is 0 Å². The van der Waals surface area contributed by atoms with E-state index in [1.807, 2.05) is 47.0 Å². The van der Waals surface area contributed by atoms with Gasteiger partial charge < -0.3 is 4.98 Å². The molecule has 1 fully saturated rings. The van der Waals surface area contributed by atoms with Gasteiger partial charge in [-0.3, -0.25) is 14.4 Å². The summed E-state index contributed by atoms with van der Waals surface area (Å²) in [6.45, 7) is 5.20. The Bertz CT molecular complexity index is 1220. The lowest BCUT2D eigenvalue weighted by Crippen LogP contribution is -2.48. The number of piperazine rings is 1. The number of hydrogen-bond donors (Lipinski definition) is 1. The minimum absolute atomic E-state index is 0.0507. The summed E-state index contributed by atoms with van der Waals surface area (Å²) in [5.74, 6) is -0.210. The van der Waals surface area contributed by atoms with E-state index in [9.17, 15) is 9.18 Å². The maximum Gasteiger partial charge on any atom is 0.326 e. The van der Waals surface area contributed by atoms with Crippen molar-refractivity contribution >= 4 is 11.0 Å². The summed E-state index contributed by atoms with van der Waals surface area (Å²) >= 11 is 0. The molecule has 6 heteroatoms. The number of aromatic amines is 1. The molecule has 2 heterocycles. The first-order chi connectivity index (χ1) is 15.7. The summed E-state index contributed by atoms with van der Waals surface area (Å²) in [4.78, 5) is 20.2. The average molecular weight is 431 g/mol. The highest BCUT2D eigenvalue weighted by molar-refractivity contribution is 5.74. The molecule has 0 radical (unpaired) electrons. The van der Waals surface area contributed by atoms with Crippen molar-refractivity contribution in [2.24, 2.45) is 0 Å². The fourth-order valence-corrected chi connectivity index (χ4v) is 4.71. The first kappa shape index (κ1) is 20.7. The molecule has 0 bridgehead atoms. The fourth-order valence-electron chi connectivity index (χ4n) is 4.71. The number of benzene rings is 3. The predicted molar refractivity (Wildman–Crippen MR) is 125 cm³/mol. The van der Waals surface area contributed by atoms with Gasteiger partial charge in [0.1, 0.15) is 5.82 Å². The summed E-state index contributed by atoms with van der Waals surface area (Å²) in [6.07, 6.45) is 0. The molecule has 1 atom stereocenters. The Hall–Kier alpha value is -3.22. The second-order valence-corrected chi connectivity index (χ2v) is 8.34. The molecule has 1 saturated heterocycles. The zero-order valence-electron chi connectivity index (χ0n) is 18.0. The summed E-state index contributed by atoms with van der Waals surface area (Å²) in [7, 11) is 0. The monoisotopic (exact) mass is 430 g/mol. The topological polar surface area (TPSA) is 44.3 Å². The molecule has 1 aromatic heterocycles. The third kappa shape index (κ3) is 4.24. The Morgan fingerprint density at radius 2 is 1.44 bits per heavy atom. The molecule has 1 unspecified atom stereocenters. The van der Waals surface area contributed by atoms with Crippen LogP contribution in [-0.4, -0.2) is 52.1 Å². The molecular formula is C26H27FN4O. The number of halogens is 1. The number of nitrogens with one attached hydrogen (secondary N) is 1. The highest BCUT2D eigenvalue weighted by Gasteiger charge is 2.26. The Morgan fingerprint density at radius 1 is 0.781 bits per heavy atom. The van der Waals surface area contributed by atoms with Crippen LogP contribution in [0.15, 0.2) is 83.7 Å². The minimum Gasteiger partial charge on any atom is -0.306 e. The summed E-state index contributed by atoms with van der Waals surface area (Å²) in [6, 6.07) is 25.2. The van der Waals surface area contributed by atoms with E-state index in [2.05, 4.69) is 39.0 Å². The first-order valence-electron chi connectivity index (χ1n) is 11.1. The summed E-state index contributed by atoms with van der Waals surface area (Å²) < 4.78 is 15.4. The van der Waals surface area contributed by atoms with Crippen molar-refractivity contribution in [1.82, 2.24) is 19.4 Å². The molecule has 3 aromatic carbocycles. The van der Waals surface area contributed by atoms with Gasteiger partial charge in [-0.05, 0) is 35.4 Å². The SMILES string of the molecule is O=c1[nH]c2ccccc2n1CCN1CCN(C(c2ccccc2)c2ccc(F)cc2)CC1. The Balaban J connectivity index is 1.27. The highest BCUT2D eigenvalue weighted by Crippen LogP contribution is 2.29. The van der Waals surface area contributed by atoms with Crippen LogP contribution in [-0.2, 0) is 6.54 Å². The van der Waals surface area contributed by atoms with Crippen molar-refractivity contribution < 1.29 is 4.39 Å². The van der Waals surface area contributed by atoms with Gasteiger partial charge in [0.05, 0.1) is 17.1 Å². The number of hydrogen-bond acceptors (Lipinski definition) is 3. The predicted octanol–water partition coefficient (Wildman–Crippen LogP) is 3.88. The lowest BCUT2D eigenvalue weighted by molar-refractivity contribution is 0.107. The van der Waals surface area contributed by atoms with Crippen LogP contribution in [0.1, 0.15) is 17.2 Å². The Labute approximate surface area is 186 Å². The highest BCUT2D eigenvalue weighted by atomic mass is 19.1. The van der Waals surface area contributed by atoms with Crippen molar-refractivity contribution in [3.8, 4) is 0 Å². The first-order valence-corrected chi connectivity index (χ1v) is 11.1. The van der Waals surface area contributed by atoms with Crippen molar-refractivity contribution in [3.05, 3.63) is 106 Å². The van der Waals surface area contributed by atoms with Crippen LogP contribution in [0.4, 0.5) is 4.39 Å². The van der Waals surface area contributed by atoms with Crippen molar-refractivity contribution in [1.29, 1.82) is 0 Å². The molecule has 1 N–H and O–H groups in total. The van der Waals surface area contributed by atoms with Crippen molar-refractivity contribution in [3.63, 3.8) is 0 Å². The van der Waals surface area contributed by atoms with Crippen molar-refractivity contribution in [2.45, 2.75) is 12.6 Å². The van der Waals surface area contributed by atoms with Crippen LogP contribution in [0, 0.1) is 5.82 Å². The molecule has 0 amide bonds. The molecule has 164 valence electrons. The normalized spacial score (nSPS) is 16.4. The number of nitrogens with zero attached hydrogens (tertiary/aromatic N) is 3. The second-order valence-electron chi connectivity index (χ2n) is 8.34. The van der Waals surface area contributed by atoms with Crippen LogP contribution >= 0.6 is 0 Å². The summed E-state index contributed by atoms with van der Waals surface area (Å²) in [5, 5.41) is 0. The number of fused-ring (bicyclic) bond motifs is 1. The number of aromatic nitrogens is 2. The van der Waals surface area contributed by atoms with Gasteiger partial charge in [-0.15, -0.1) is 0 Å². The molecule has 4 aromatic rings. The number of para-hydroxylation sites is 2. The van der Waals surface area contributed by atoms with E-state index in [4.69, 9.17) is 0 Å². The molecule has 0 aliphatic carbocycles. The van der Waals surface area contributed by atoms with E-state index in [1.54, 1.807) is 12.1 Å². The zero-order valence-corrected chi connectivity index (χ0v) is 18.0. The molecule has 0 saturated carbocycles. The van der Waals surface area contributed by atoms with E-state index >= 15 is 0 Å². The molecular weight excluding hydrogens is 403 g/mol. The number of rotatable bonds is 6. The Morgan fingerprint density at radius 3 is 2.19 bits per heavy atom. The van der Waals surface area contributed by atoms with Crippen LogP contribution in [0.25, 0.3) is 11.0 Å². The van der Waals surface area contributed by atoms with E-state index in [1.165, 1.54) is 5.56 Å². The molecule has 5 rings (SSSR count). The minimum atomic E-state index is -0.210. The lowest BCUT2D eigenvalue weighted by Gasteiger charge is -2.39. The maximum atomic E-state index is 13.5. The second kappa shape index (κ2) is 9.10. The summed E-state index contributed by atoms with van der Waals surface area (Å²) in [5.41, 5.74) is 4.11. The van der Waals surface area contributed by atoms with Gasteiger partial charge in [-0.2, -0.15) is 0 Å². The van der Waals surface area contributed by atoms with E-state index in [-0.39, 0.29) is 17.5 Å². The molecule has 32 heavy (non-hydrogen) atoms. The van der Waals surface area contributed by atoms with Crippen LogP contribution in [0.3, 0.4) is 0 Å².